The van der Waals surface area contributed by atoms with Crippen LogP contribution in [0.2, 0.25) is 0 Å². The van der Waals surface area contributed by atoms with E-state index in [-0.39, 0.29) is 33.9 Å². The van der Waals surface area contributed by atoms with Crippen LogP contribution < -0.4 is 15.7 Å². The molecule has 4 aliphatic rings. The Morgan fingerprint density at radius 3 is 1.80 bits per heavy atom. The summed E-state index contributed by atoms with van der Waals surface area (Å²) in [7, 11) is 0. The van der Waals surface area contributed by atoms with E-state index in [9.17, 15) is 0 Å². The van der Waals surface area contributed by atoms with Gasteiger partial charge in [0.05, 0.1) is 16.4 Å². The van der Waals surface area contributed by atoms with E-state index in [1.165, 1.54) is 133 Å². The molecular weight excluding hydrogens is 848 g/mol. The van der Waals surface area contributed by atoms with Crippen LogP contribution in [0.15, 0.2) is 138 Å². The number of furan rings is 1. The third-order valence-corrected chi connectivity index (χ3v) is 17.4. The molecule has 0 spiro atoms. The second-order valence-corrected chi connectivity index (χ2v) is 25.4. The molecule has 344 valence electrons. The average molecular weight is 909 g/mol. The Morgan fingerprint density at radius 1 is 0.471 bits per heavy atom. The van der Waals surface area contributed by atoms with Crippen LogP contribution in [0.4, 0.5) is 11.4 Å². The van der Waals surface area contributed by atoms with Crippen LogP contribution in [-0.4, -0.2) is 11.4 Å². The van der Waals surface area contributed by atoms with Crippen LogP contribution in [0.5, 0.6) is 0 Å². The first-order valence-electron chi connectivity index (χ1n) is 25.6. The summed E-state index contributed by atoms with van der Waals surface area (Å²) >= 11 is 0. The minimum absolute atomic E-state index is 0.0109. The van der Waals surface area contributed by atoms with E-state index in [0.29, 0.717) is 0 Å². The zero-order valence-electron chi connectivity index (χ0n) is 43.1. The molecule has 2 aromatic heterocycles. The molecule has 0 N–H and O–H groups in total. The van der Waals surface area contributed by atoms with E-state index >= 15 is 0 Å². The van der Waals surface area contributed by atoms with Gasteiger partial charge in [-0.2, -0.15) is 0 Å². The lowest BCUT2D eigenvalue weighted by Gasteiger charge is -2.43. The number of aromatic nitrogens is 1. The lowest BCUT2D eigenvalue weighted by Crippen LogP contribution is -2.60. The van der Waals surface area contributed by atoms with E-state index < -0.39 is 0 Å². The maximum absolute atomic E-state index is 7.35. The fourth-order valence-corrected chi connectivity index (χ4v) is 13.6. The van der Waals surface area contributed by atoms with Crippen molar-refractivity contribution in [3.05, 3.63) is 172 Å². The molecule has 0 radical (unpaired) electrons. The van der Waals surface area contributed by atoms with Crippen molar-refractivity contribution in [3.8, 4) is 39.1 Å². The van der Waals surface area contributed by atoms with E-state index in [4.69, 9.17) is 4.42 Å². The first kappa shape index (κ1) is 42.1. The van der Waals surface area contributed by atoms with Gasteiger partial charge in [-0.25, -0.2) is 0 Å². The maximum atomic E-state index is 7.35. The molecule has 3 nitrogen and oxygen atoms in total. The first-order chi connectivity index (χ1) is 33.1. The number of nitrogens with zero attached hydrogens (tertiary/aromatic N) is 2. The molecule has 14 rings (SSSR count). The summed E-state index contributed by atoms with van der Waals surface area (Å²) in [6.07, 6.45) is 0. The molecule has 4 heterocycles. The Bertz CT molecular complexity index is 4000. The molecule has 0 fully saturated rings. The number of hydrogen-bond acceptors (Lipinski definition) is 2. The third kappa shape index (κ3) is 5.27. The molecule has 4 heteroatoms. The van der Waals surface area contributed by atoms with E-state index in [2.05, 4.69) is 233 Å². The molecule has 10 aromatic rings. The zero-order valence-corrected chi connectivity index (χ0v) is 43.1. The Kier molecular flexibility index (Phi) is 7.91. The molecule has 0 bridgehead atoms. The minimum Gasteiger partial charge on any atom is -0.455 e. The summed E-state index contributed by atoms with van der Waals surface area (Å²) in [5.41, 5.74) is 27.8. The molecule has 2 aliphatic heterocycles. The number of hydrogen-bond donors (Lipinski definition) is 0. The van der Waals surface area contributed by atoms with Crippen LogP contribution in [-0.2, 0) is 27.1 Å². The lowest BCUT2D eigenvalue weighted by molar-refractivity contribution is 0.589. The zero-order chi connectivity index (χ0) is 48.5. The van der Waals surface area contributed by atoms with Crippen LogP contribution >= 0.6 is 0 Å². The molecule has 70 heavy (non-hydrogen) atoms. The van der Waals surface area contributed by atoms with Gasteiger partial charge in [-0.1, -0.05) is 175 Å². The summed E-state index contributed by atoms with van der Waals surface area (Å²) in [5, 5.41) is 4.84. The van der Waals surface area contributed by atoms with Gasteiger partial charge in [0, 0.05) is 49.6 Å². The fourth-order valence-electron chi connectivity index (χ4n) is 13.6. The summed E-state index contributed by atoms with van der Waals surface area (Å²) in [4.78, 5) is 2.75. The molecule has 0 saturated carbocycles. The van der Waals surface area contributed by atoms with E-state index in [0.717, 1.165) is 11.2 Å². The van der Waals surface area contributed by atoms with Crippen molar-refractivity contribution >= 4 is 72.9 Å². The van der Waals surface area contributed by atoms with Crippen molar-refractivity contribution in [2.24, 2.45) is 0 Å². The minimum atomic E-state index is -0.212. The van der Waals surface area contributed by atoms with Gasteiger partial charge in [0.15, 0.2) is 0 Å². The Morgan fingerprint density at radius 2 is 1.07 bits per heavy atom. The van der Waals surface area contributed by atoms with Crippen molar-refractivity contribution in [3.63, 3.8) is 0 Å². The normalized spacial score (nSPS) is 16.0. The van der Waals surface area contributed by atoms with Gasteiger partial charge in [-0.05, 0) is 142 Å². The van der Waals surface area contributed by atoms with Gasteiger partial charge in [0.1, 0.15) is 11.2 Å². The number of anilines is 2. The van der Waals surface area contributed by atoms with Crippen molar-refractivity contribution in [2.45, 2.75) is 117 Å². The monoisotopic (exact) mass is 908 g/mol. The lowest BCUT2D eigenvalue weighted by atomic mass is 9.43. The summed E-state index contributed by atoms with van der Waals surface area (Å²) < 4.78 is 10.0. The topological polar surface area (TPSA) is 21.3 Å². The highest BCUT2D eigenvalue weighted by Crippen LogP contribution is 2.58. The summed E-state index contributed by atoms with van der Waals surface area (Å²) in [5.74, 6) is 0. The maximum Gasteiger partial charge on any atom is 0.333 e. The quantitative estimate of drug-likeness (QED) is 0.153. The molecule has 2 aliphatic carbocycles. The molecular formula is C66H61BN2O. The molecule has 0 atom stereocenters. The Balaban J connectivity index is 1.21. The van der Waals surface area contributed by atoms with Crippen molar-refractivity contribution < 1.29 is 4.42 Å². The third-order valence-electron chi connectivity index (χ3n) is 17.4. The summed E-state index contributed by atoms with van der Waals surface area (Å²) in [6.45, 7) is 30.5. The highest BCUT2D eigenvalue weighted by atomic mass is 16.3. The van der Waals surface area contributed by atoms with E-state index in [1.54, 1.807) is 0 Å². The van der Waals surface area contributed by atoms with Gasteiger partial charge in [0.2, 0.25) is 0 Å². The molecule has 0 amide bonds. The van der Waals surface area contributed by atoms with Gasteiger partial charge >= 0.3 is 6.85 Å². The highest BCUT2D eigenvalue weighted by Gasteiger charge is 2.49. The van der Waals surface area contributed by atoms with Crippen molar-refractivity contribution in [1.82, 2.24) is 4.57 Å². The van der Waals surface area contributed by atoms with Gasteiger partial charge in [-0.3, -0.25) is 0 Å². The number of rotatable bonds is 1. The number of para-hydroxylation sites is 1. The SMILES string of the molecule is CC(C)(C)c1ccc(N2B3c4cc5c(cc4-n4c6ccc(C(C)(C)C)cc6c6c7oc8ccccc8c7c(c3c64)-c3cc4c(cc32)-c2cc(C(C)(C)C)ccc2C4(C)C)C(C)(C)c2ccccc2-5)cc1. The summed E-state index contributed by atoms with van der Waals surface area (Å²) in [6, 6.07) is 52.5. The van der Waals surface area contributed by atoms with Crippen LogP contribution in [0.3, 0.4) is 0 Å². The fraction of sp³-hybridized carbons (Fsp3) is 0.273. The van der Waals surface area contributed by atoms with E-state index in [1.807, 2.05) is 0 Å². The average Bonchev–Trinajstić information content (AvgIpc) is 4.00. The largest absolute Gasteiger partial charge is 0.455 e. The first-order valence-corrected chi connectivity index (χ1v) is 25.6. The second-order valence-electron chi connectivity index (χ2n) is 25.4. The number of benzene rings is 8. The Labute approximate surface area is 413 Å². The molecule has 8 aromatic carbocycles. The smallest absolute Gasteiger partial charge is 0.333 e. The van der Waals surface area contributed by atoms with Crippen molar-refractivity contribution in [2.75, 3.05) is 4.81 Å². The molecule has 0 unspecified atom stereocenters. The highest BCUT2D eigenvalue weighted by molar-refractivity contribution is 6.94. The predicted octanol–water partition coefficient (Wildman–Crippen LogP) is 16.4. The number of fused-ring (bicyclic) bond motifs is 19. The van der Waals surface area contributed by atoms with Crippen LogP contribution in [0, 0.1) is 0 Å². The molecule has 0 saturated heterocycles. The van der Waals surface area contributed by atoms with Crippen LogP contribution in [0.1, 0.15) is 129 Å². The second kappa shape index (κ2) is 13.1. The Hall–Kier alpha value is -6.78. The van der Waals surface area contributed by atoms with Gasteiger partial charge < -0.3 is 13.8 Å². The van der Waals surface area contributed by atoms with Gasteiger partial charge in [0.25, 0.3) is 0 Å². The predicted molar refractivity (Wildman–Crippen MR) is 298 cm³/mol. The standard InChI is InChI=1S/C66H61BN2O/c1-62(2,3)36-22-26-39(27-23-36)69-53-34-44-42-30-37(63(4,5)6)24-28-48(42)66(12,13)49(44)32-46(53)56-57-41-19-15-17-21-55(41)70-61(57)58-45-31-38(64(7,8)9)25-29-52(45)68-54-35-50-43(33-51(54)67(69)59(56)60(58)68)40-18-14-16-20-47(40)65(50,10)11/h14-35H,1-13H3. The van der Waals surface area contributed by atoms with Crippen LogP contribution in [0.25, 0.3) is 82.8 Å². The van der Waals surface area contributed by atoms with Crippen molar-refractivity contribution in [1.29, 1.82) is 0 Å². The van der Waals surface area contributed by atoms with Gasteiger partial charge in [-0.15, -0.1) is 0 Å².